The fraction of sp³-hybridized carbons (Fsp3) is 0.231. The van der Waals surface area contributed by atoms with Gasteiger partial charge in [-0.25, -0.2) is 0 Å². The summed E-state index contributed by atoms with van der Waals surface area (Å²) in [7, 11) is 1.90. The Bertz CT molecular complexity index is 524. The molecule has 2 aromatic rings. The maximum Gasteiger partial charge on any atom is 0.103 e. The van der Waals surface area contributed by atoms with Crippen LogP contribution in [0, 0.1) is 13.8 Å². The van der Waals surface area contributed by atoms with Crippen molar-refractivity contribution < 1.29 is 0 Å². The highest BCUT2D eigenvalue weighted by molar-refractivity contribution is 5.79. The van der Waals surface area contributed by atoms with E-state index in [9.17, 15) is 0 Å². The molecule has 0 radical (unpaired) electrons. The molecule has 0 bridgehead atoms. The highest BCUT2D eigenvalue weighted by Crippen LogP contribution is 2.16. The van der Waals surface area contributed by atoms with Crippen molar-refractivity contribution in [3.8, 4) is 0 Å². The van der Waals surface area contributed by atoms with E-state index in [2.05, 4.69) is 36.1 Å². The molecular formula is C13H15N3. The van der Waals surface area contributed by atoms with Crippen LogP contribution < -0.4 is 0 Å². The molecular weight excluding hydrogens is 198 g/mol. The van der Waals surface area contributed by atoms with E-state index in [0.717, 1.165) is 11.4 Å². The minimum atomic E-state index is 0.876. The Kier molecular flexibility index (Phi) is 2.86. The molecule has 3 heteroatoms. The molecule has 1 heterocycles. The van der Waals surface area contributed by atoms with E-state index in [1.54, 1.807) is 10.9 Å². The predicted molar refractivity (Wildman–Crippen MR) is 66.4 cm³/mol. The first-order chi connectivity index (χ1) is 7.65. The number of aliphatic imine (C=N–C) groups is 1. The molecule has 0 aliphatic rings. The van der Waals surface area contributed by atoms with Gasteiger partial charge in [0.05, 0.1) is 11.9 Å². The molecule has 0 aliphatic heterocycles. The van der Waals surface area contributed by atoms with Crippen LogP contribution in [0.5, 0.6) is 0 Å². The lowest BCUT2D eigenvalue weighted by Gasteiger charge is -1.99. The maximum atomic E-state index is 4.39. The van der Waals surface area contributed by atoms with Crippen molar-refractivity contribution in [3.63, 3.8) is 0 Å². The van der Waals surface area contributed by atoms with E-state index in [1.807, 2.05) is 25.4 Å². The van der Waals surface area contributed by atoms with Crippen LogP contribution in [-0.4, -0.2) is 16.0 Å². The first-order valence-corrected chi connectivity index (χ1v) is 5.26. The standard InChI is InChI=1S/C13H15N3/c1-10-4-5-12(8-11(10)2)14-9-13-6-7-16(3)15-13/h4-9H,1-3H3. The number of nitrogens with zero attached hydrogens (tertiary/aromatic N) is 3. The van der Waals surface area contributed by atoms with Gasteiger partial charge in [-0.15, -0.1) is 0 Å². The van der Waals surface area contributed by atoms with Crippen molar-refractivity contribution in [2.45, 2.75) is 13.8 Å². The van der Waals surface area contributed by atoms with Crippen LogP contribution in [0.2, 0.25) is 0 Å². The summed E-state index contributed by atoms with van der Waals surface area (Å²) in [6, 6.07) is 8.11. The van der Waals surface area contributed by atoms with E-state index in [1.165, 1.54) is 11.1 Å². The third-order valence-electron chi connectivity index (χ3n) is 2.57. The Morgan fingerprint density at radius 1 is 1.19 bits per heavy atom. The van der Waals surface area contributed by atoms with Crippen LogP contribution in [0.1, 0.15) is 16.8 Å². The topological polar surface area (TPSA) is 30.2 Å². The van der Waals surface area contributed by atoms with Crippen LogP contribution in [0.3, 0.4) is 0 Å². The van der Waals surface area contributed by atoms with Crippen LogP contribution in [-0.2, 0) is 7.05 Å². The molecule has 0 saturated carbocycles. The van der Waals surface area contributed by atoms with Gasteiger partial charge in [0.15, 0.2) is 0 Å². The Morgan fingerprint density at radius 2 is 2.00 bits per heavy atom. The number of hydrogen-bond donors (Lipinski definition) is 0. The van der Waals surface area contributed by atoms with Crippen molar-refractivity contribution in [1.29, 1.82) is 0 Å². The highest BCUT2D eigenvalue weighted by Gasteiger charge is 1.95. The third kappa shape index (κ3) is 2.37. The van der Waals surface area contributed by atoms with E-state index in [0.29, 0.717) is 0 Å². The van der Waals surface area contributed by atoms with Gasteiger partial charge >= 0.3 is 0 Å². The molecule has 0 unspecified atom stereocenters. The van der Waals surface area contributed by atoms with E-state index < -0.39 is 0 Å². The van der Waals surface area contributed by atoms with Crippen molar-refractivity contribution >= 4 is 11.9 Å². The summed E-state index contributed by atoms with van der Waals surface area (Å²) < 4.78 is 1.77. The van der Waals surface area contributed by atoms with Crippen molar-refractivity contribution in [2.24, 2.45) is 12.0 Å². The lowest BCUT2D eigenvalue weighted by molar-refractivity contribution is 0.765. The fourth-order valence-corrected chi connectivity index (χ4v) is 1.45. The smallest absolute Gasteiger partial charge is 0.103 e. The molecule has 1 aromatic heterocycles. The Hall–Kier alpha value is -1.90. The Labute approximate surface area is 95.5 Å². The minimum absolute atomic E-state index is 0.876. The van der Waals surface area contributed by atoms with Crippen LogP contribution in [0.15, 0.2) is 35.5 Å². The Morgan fingerprint density at radius 3 is 2.62 bits per heavy atom. The zero-order valence-electron chi connectivity index (χ0n) is 9.81. The normalized spacial score (nSPS) is 11.2. The first-order valence-electron chi connectivity index (χ1n) is 5.26. The molecule has 0 N–H and O–H groups in total. The number of benzene rings is 1. The van der Waals surface area contributed by atoms with E-state index in [-0.39, 0.29) is 0 Å². The third-order valence-corrected chi connectivity index (χ3v) is 2.57. The molecule has 0 aliphatic carbocycles. The molecule has 0 spiro atoms. The number of hydrogen-bond acceptors (Lipinski definition) is 2. The van der Waals surface area contributed by atoms with Crippen LogP contribution in [0.4, 0.5) is 5.69 Å². The molecule has 16 heavy (non-hydrogen) atoms. The van der Waals surface area contributed by atoms with E-state index >= 15 is 0 Å². The van der Waals surface area contributed by atoms with Crippen molar-refractivity contribution in [2.75, 3.05) is 0 Å². The zero-order chi connectivity index (χ0) is 11.5. The summed E-state index contributed by atoms with van der Waals surface area (Å²) in [6.45, 7) is 4.19. The van der Waals surface area contributed by atoms with Crippen molar-refractivity contribution in [3.05, 3.63) is 47.3 Å². The fourth-order valence-electron chi connectivity index (χ4n) is 1.45. The van der Waals surface area contributed by atoms with Crippen molar-refractivity contribution in [1.82, 2.24) is 9.78 Å². The molecule has 2 rings (SSSR count). The number of aromatic nitrogens is 2. The number of aryl methyl sites for hydroxylation is 3. The minimum Gasteiger partial charge on any atom is -0.275 e. The molecule has 0 fully saturated rings. The van der Waals surface area contributed by atoms with Gasteiger partial charge in [-0.2, -0.15) is 5.10 Å². The zero-order valence-corrected chi connectivity index (χ0v) is 9.81. The first kappa shape index (κ1) is 10.6. The quantitative estimate of drug-likeness (QED) is 0.705. The van der Waals surface area contributed by atoms with Gasteiger partial charge in [0.2, 0.25) is 0 Å². The second-order valence-corrected chi connectivity index (χ2v) is 3.94. The largest absolute Gasteiger partial charge is 0.275 e. The number of rotatable bonds is 2. The van der Waals surface area contributed by atoms with Gasteiger partial charge in [-0.1, -0.05) is 6.07 Å². The maximum absolute atomic E-state index is 4.39. The van der Waals surface area contributed by atoms with Gasteiger partial charge in [-0.3, -0.25) is 9.67 Å². The van der Waals surface area contributed by atoms with Gasteiger partial charge in [-0.05, 0) is 43.2 Å². The summed E-state index contributed by atoms with van der Waals surface area (Å²) in [5.41, 5.74) is 4.39. The Balaban J connectivity index is 2.20. The predicted octanol–water partition coefficient (Wildman–Crippen LogP) is 2.79. The van der Waals surface area contributed by atoms with Gasteiger partial charge in [0.1, 0.15) is 5.69 Å². The van der Waals surface area contributed by atoms with Crippen LogP contribution in [0.25, 0.3) is 0 Å². The lowest BCUT2D eigenvalue weighted by Crippen LogP contribution is -1.89. The second-order valence-electron chi connectivity index (χ2n) is 3.94. The SMILES string of the molecule is Cc1ccc(N=Cc2ccn(C)n2)cc1C. The molecule has 0 atom stereocenters. The van der Waals surface area contributed by atoms with Gasteiger partial charge in [0.25, 0.3) is 0 Å². The molecule has 0 amide bonds. The average Bonchev–Trinajstić information content (AvgIpc) is 2.66. The second kappa shape index (κ2) is 4.31. The summed E-state index contributed by atoms with van der Waals surface area (Å²) in [5, 5.41) is 4.23. The summed E-state index contributed by atoms with van der Waals surface area (Å²) in [5.74, 6) is 0. The molecule has 3 nitrogen and oxygen atoms in total. The summed E-state index contributed by atoms with van der Waals surface area (Å²) in [4.78, 5) is 4.39. The van der Waals surface area contributed by atoms with Gasteiger partial charge < -0.3 is 0 Å². The van der Waals surface area contributed by atoms with Gasteiger partial charge in [0, 0.05) is 13.2 Å². The summed E-state index contributed by atoms with van der Waals surface area (Å²) >= 11 is 0. The highest BCUT2D eigenvalue weighted by atomic mass is 15.2. The lowest BCUT2D eigenvalue weighted by atomic mass is 10.1. The average molecular weight is 213 g/mol. The molecule has 1 aromatic carbocycles. The molecule has 0 saturated heterocycles. The monoisotopic (exact) mass is 213 g/mol. The van der Waals surface area contributed by atoms with E-state index in [4.69, 9.17) is 0 Å². The summed E-state index contributed by atoms with van der Waals surface area (Å²) in [6.07, 6.45) is 3.69. The van der Waals surface area contributed by atoms with Crippen LogP contribution >= 0.6 is 0 Å². The molecule has 82 valence electrons.